The topological polar surface area (TPSA) is 138 Å². The van der Waals surface area contributed by atoms with Gasteiger partial charge in [0.15, 0.2) is 14.9 Å². The number of H-pyrrole nitrogens is 1. The number of hydrogen-bond donors (Lipinski definition) is 2. The second-order valence-corrected chi connectivity index (χ2v) is 9.01. The van der Waals surface area contributed by atoms with Crippen LogP contribution < -0.4 is 0 Å². The van der Waals surface area contributed by atoms with E-state index < -0.39 is 37.0 Å². The number of carbonyl (C=O) groups is 1. The standard InChI is InChI=1S/C9H13N3O6S2/c1-19(15,16)5-20(17,18)12-3-7-6(10-4-11-7)2-8(12)9(13)14/h4,8H,2-3,5H2,1H3,(H,10,11)(H,13,14). The number of aromatic amines is 1. The molecule has 1 aromatic rings. The highest BCUT2D eigenvalue weighted by Crippen LogP contribution is 2.24. The number of rotatable bonds is 4. The molecule has 9 nitrogen and oxygen atoms in total. The van der Waals surface area contributed by atoms with Gasteiger partial charge >= 0.3 is 5.97 Å². The van der Waals surface area contributed by atoms with Gasteiger partial charge in [0, 0.05) is 12.7 Å². The lowest BCUT2D eigenvalue weighted by atomic mass is 10.1. The molecule has 2 rings (SSSR count). The molecule has 1 aliphatic heterocycles. The molecule has 0 radical (unpaired) electrons. The summed E-state index contributed by atoms with van der Waals surface area (Å²) < 4.78 is 47.3. The van der Waals surface area contributed by atoms with Crippen molar-refractivity contribution < 1.29 is 26.7 Å². The number of fused-ring (bicyclic) bond motifs is 1. The lowest BCUT2D eigenvalue weighted by molar-refractivity contribution is -0.141. The Hall–Kier alpha value is -1.46. The van der Waals surface area contributed by atoms with Gasteiger partial charge in [-0.1, -0.05) is 0 Å². The SMILES string of the molecule is CS(=O)(=O)CS(=O)(=O)N1Cc2[nH]cnc2CC1C(=O)O. The van der Waals surface area contributed by atoms with Gasteiger partial charge in [-0.15, -0.1) is 0 Å². The fourth-order valence-corrected chi connectivity index (χ4v) is 5.64. The molecule has 0 aromatic carbocycles. The van der Waals surface area contributed by atoms with Crippen molar-refractivity contribution in [1.82, 2.24) is 14.3 Å². The Labute approximate surface area is 115 Å². The second-order valence-electron chi connectivity index (χ2n) is 4.59. The highest BCUT2D eigenvalue weighted by atomic mass is 32.3. The maximum Gasteiger partial charge on any atom is 0.322 e. The average Bonchev–Trinajstić information content (AvgIpc) is 2.70. The zero-order valence-electron chi connectivity index (χ0n) is 10.5. The molecule has 112 valence electrons. The minimum Gasteiger partial charge on any atom is -0.480 e. The van der Waals surface area contributed by atoms with Crippen molar-refractivity contribution in [2.75, 3.05) is 11.3 Å². The zero-order chi connectivity index (χ0) is 15.1. The monoisotopic (exact) mass is 323 g/mol. The van der Waals surface area contributed by atoms with Gasteiger partial charge in [0.1, 0.15) is 6.04 Å². The van der Waals surface area contributed by atoms with Crippen molar-refractivity contribution in [3.05, 3.63) is 17.7 Å². The minimum absolute atomic E-state index is 0.100. The number of sulfonamides is 1. The molecule has 20 heavy (non-hydrogen) atoms. The fraction of sp³-hybridized carbons (Fsp3) is 0.556. The van der Waals surface area contributed by atoms with E-state index in [0.29, 0.717) is 15.7 Å². The highest BCUT2D eigenvalue weighted by Gasteiger charge is 2.41. The maximum absolute atomic E-state index is 12.1. The summed E-state index contributed by atoms with van der Waals surface area (Å²) >= 11 is 0. The smallest absolute Gasteiger partial charge is 0.322 e. The van der Waals surface area contributed by atoms with Crippen LogP contribution in [0.25, 0.3) is 0 Å². The first-order valence-corrected chi connectivity index (χ1v) is 9.18. The largest absolute Gasteiger partial charge is 0.480 e. The Morgan fingerprint density at radius 2 is 2.15 bits per heavy atom. The molecule has 0 saturated carbocycles. The van der Waals surface area contributed by atoms with Gasteiger partial charge in [-0.25, -0.2) is 21.8 Å². The molecule has 0 amide bonds. The molecular formula is C9H13N3O6S2. The number of carboxylic acid groups (broad SMARTS) is 1. The third kappa shape index (κ3) is 2.99. The summed E-state index contributed by atoms with van der Waals surface area (Å²) in [5.74, 6) is -1.34. The molecular weight excluding hydrogens is 310 g/mol. The van der Waals surface area contributed by atoms with Crippen molar-refractivity contribution in [1.29, 1.82) is 0 Å². The van der Waals surface area contributed by atoms with Crippen molar-refractivity contribution in [2.45, 2.75) is 19.0 Å². The summed E-state index contributed by atoms with van der Waals surface area (Å²) in [5.41, 5.74) is 0.947. The van der Waals surface area contributed by atoms with Gasteiger partial charge in [-0.3, -0.25) is 4.79 Å². The molecule has 11 heteroatoms. The number of aromatic nitrogens is 2. The van der Waals surface area contributed by atoms with E-state index in [9.17, 15) is 21.6 Å². The molecule has 1 aliphatic rings. The number of nitrogens with one attached hydrogen (secondary N) is 1. The normalized spacial score (nSPS) is 20.6. The molecule has 0 saturated heterocycles. The highest BCUT2D eigenvalue weighted by molar-refractivity contribution is 8.06. The molecule has 1 aromatic heterocycles. The van der Waals surface area contributed by atoms with Crippen LogP contribution in [0, 0.1) is 0 Å². The van der Waals surface area contributed by atoms with Crippen LogP contribution in [0.4, 0.5) is 0 Å². The van der Waals surface area contributed by atoms with E-state index in [2.05, 4.69) is 9.97 Å². The number of sulfone groups is 1. The fourth-order valence-electron chi connectivity index (χ4n) is 2.05. The van der Waals surface area contributed by atoms with E-state index in [-0.39, 0.29) is 13.0 Å². The molecule has 0 bridgehead atoms. The average molecular weight is 323 g/mol. The van der Waals surface area contributed by atoms with Crippen molar-refractivity contribution in [3.63, 3.8) is 0 Å². The Kier molecular flexibility index (Phi) is 3.60. The van der Waals surface area contributed by atoms with Gasteiger partial charge in [0.25, 0.3) is 0 Å². The predicted molar refractivity (Wildman–Crippen MR) is 67.9 cm³/mol. The van der Waals surface area contributed by atoms with Crippen LogP contribution in [0.3, 0.4) is 0 Å². The van der Waals surface area contributed by atoms with Crippen LogP contribution >= 0.6 is 0 Å². The molecule has 2 N–H and O–H groups in total. The van der Waals surface area contributed by atoms with Gasteiger partial charge in [0.05, 0.1) is 24.3 Å². The first kappa shape index (κ1) is 14.9. The zero-order valence-corrected chi connectivity index (χ0v) is 12.1. The quantitative estimate of drug-likeness (QED) is 0.691. The van der Waals surface area contributed by atoms with Gasteiger partial charge in [-0.2, -0.15) is 4.31 Å². The first-order valence-electron chi connectivity index (χ1n) is 5.51. The third-order valence-corrected chi connectivity index (χ3v) is 6.86. The van der Waals surface area contributed by atoms with Crippen LogP contribution in [0.15, 0.2) is 6.33 Å². The Balaban J connectivity index is 2.41. The molecule has 2 heterocycles. The summed E-state index contributed by atoms with van der Waals surface area (Å²) in [6, 6.07) is -1.35. The van der Waals surface area contributed by atoms with Gasteiger partial charge in [0.2, 0.25) is 10.0 Å². The Morgan fingerprint density at radius 3 is 2.70 bits per heavy atom. The Bertz CT molecular complexity index is 735. The minimum atomic E-state index is -4.24. The number of nitrogens with zero attached hydrogens (tertiary/aromatic N) is 2. The van der Waals surface area contributed by atoms with Crippen LogP contribution in [0.1, 0.15) is 11.4 Å². The van der Waals surface area contributed by atoms with E-state index >= 15 is 0 Å². The number of carboxylic acids is 1. The molecule has 0 fully saturated rings. The molecule has 1 unspecified atom stereocenters. The van der Waals surface area contributed by atoms with Crippen molar-refractivity contribution >= 4 is 25.8 Å². The maximum atomic E-state index is 12.1. The van der Waals surface area contributed by atoms with Gasteiger partial charge < -0.3 is 10.1 Å². The number of aliphatic carboxylic acids is 1. The van der Waals surface area contributed by atoms with E-state index in [4.69, 9.17) is 5.11 Å². The van der Waals surface area contributed by atoms with Gasteiger partial charge in [-0.05, 0) is 0 Å². The van der Waals surface area contributed by atoms with Crippen molar-refractivity contribution in [2.24, 2.45) is 0 Å². The van der Waals surface area contributed by atoms with Crippen LogP contribution in [-0.4, -0.2) is 59.6 Å². The second kappa shape index (κ2) is 4.82. The predicted octanol–water partition coefficient (Wildman–Crippen LogP) is -1.45. The summed E-state index contributed by atoms with van der Waals surface area (Å²) in [5, 5.41) is 8.02. The van der Waals surface area contributed by atoms with Crippen LogP contribution in [0.2, 0.25) is 0 Å². The van der Waals surface area contributed by atoms with Crippen molar-refractivity contribution in [3.8, 4) is 0 Å². The van der Waals surface area contributed by atoms with Crippen LogP contribution in [0.5, 0.6) is 0 Å². The van der Waals surface area contributed by atoms with Crippen LogP contribution in [-0.2, 0) is 37.6 Å². The summed E-state index contributed by atoms with van der Waals surface area (Å²) in [7, 11) is -8.03. The lowest BCUT2D eigenvalue weighted by Crippen LogP contribution is -2.50. The van der Waals surface area contributed by atoms with E-state index in [1.165, 1.54) is 6.33 Å². The van der Waals surface area contributed by atoms with E-state index in [1.807, 2.05) is 0 Å². The number of hydrogen-bond acceptors (Lipinski definition) is 6. The van der Waals surface area contributed by atoms with E-state index in [0.717, 1.165) is 6.26 Å². The molecule has 0 aliphatic carbocycles. The summed E-state index contributed by atoms with van der Waals surface area (Å²) in [4.78, 5) is 17.9. The summed E-state index contributed by atoms with van der Waals surface area (Å²) in [6.07, 6.45) is 2.03. The lowest BCUT2D eigenvalue weighted by Gasteiger charge is -2.30. The third-order valence-electron chi connectivity index (χ3n) is 2.86. The Morgan fingerprint density at radius 1 is 1.50 bits per heavy atom. The molecule has 0 spiro atoms. The van der Waals surface area contributed by atoms with E-state index in [1.54, 1.807) is 0 Å². The summed E-state index contributed by atoms with van der Waals surface area (Å²) in [6.45, 7) is -0.232. The number of imidazole rings is 1. The molecule has 1 atom stereocenters. The first-order chi connectivity index (χ1) is 9.10.